The third kappa shape index (κ3) is 6.84. The lowest BCUT2D eigenvalue weighted by Crippen LogP contribution is -2.42. The Morgan fingerprint density at radius 2 is 2.03 bits per heavy atom. The van der Waals surface area contributed by atoms with Gasteiger partial charge >= 0.3 is 5.97 Å². The maximum absolute atomic E-state index is 13.1. The van der Waals surface area contributed by atoms with E-state index in [2.05, 4.69) is 15.6 Å². The van der Waals surface area contributed by atoms with Gasteiger partial charge in [0.2, 0.25) is 11.9 Å². The molecule has 2 aromatic rings. The predicted molar refractivity (Wildman–Crippen MR) is 121 cm³/mol. The number of carbonyl (C=O) groups excluding carboxylic acids is 2. The second-order valence-electron chi connectivity index (χ2n) is 7.63. The molecule has 1 amide bonds. The van der Waals surface area contributed by atoms with E-state index in [1.54, 1.807) is 0 Å². The molecule has 0 aliphatic carbocycles. The average Bonchev–Trinajstić information content (AvgIpc) is 2.95. The van der Waals surface area contributed by atoms with Gasteiger partial charge in [-0.25, -0.2) is 4.99 Å². The Bertz CT molecular complexity index is 1000. The summed E-state index contributed by atoms with van der Waals surface area (Å²) in [4.78, 5) is 31.4. The molecule has 0 aromatic heterocycles. The van der Waals surface area contributed by atoms with E-state index in [1.165, 1.54) is 4.90 Å². The number of nitriles is 1. The van der Waals surface area contributed by atoms with Gasteiger partial charge in [-0.3, -0.25) is 14.9 Å². The summed E-state index contributed by atoms with van der Waals surface area (Å²) < 4.78 is 5.33. The molecule has 8 heteroatoms. The molecule has 8 nitrogen and oxygen atoms in total. The van der Waals surface area contributed by atoms with Crippen molar-refractivity contribution < 1.29 is 14.3 Å². The third-order valence-electron chi connectivity index (χ3n) is 5.05. The summed E-state index contributed by atoms with van der Waals surface area (Å²) in [6, 6.07) is 16.3. The molecule has 32 heavy (non-hydrogen) atoms. The quantitative estimate of drug-likeness (QED) is 0.238. The van der Waals surface area contributed by atoms with Gasteiger partial charge in [0.05, 0.1) is 0 Å². The van der Waals surface area contributed by atoms with E-state index >= 15 is 0 Å². The number of guanidine groups is 1. The normalized spacial score (nSPS) is 16.6. The number of amides is 1. The van der Waals surface area contributed by atoms with E-state index in [-0.39, 0.29) is 25.0 Å². The molecule has 2 N–H and O–H groups in total. The molecule has 1 heterocycles. The van der Waals surface area contributed by atoms with Crippen LogP contribution in [0.15, 0.2) is 59.6 Å². The van der Waals surface area contributed by atoms with Crippen LogP contribution in [0, 0.1) is 18.4 Å². The minimum Gasteiger partial charge on any atom is -0.459 e. The van der Waals surface area contributed by atoms with Crippen molar-refractivity contribution in [2.45, 2.75) is 38.8 Å². The lowest BCUT2D eigenvalue weighted by Gasteiger charge is -2.22. The maximum atomic E-state index is 13.1. The zero-order chi connectivity index (χ0) is 22.8. The summed E-state index contributed by atoms with van der Waals surface area (Å²) in [5.74, 6) is -0.507. The first-order chi connectivity index (χ1) is 15.5. The molecular formula is C24H27N5O3. The highest BCUT2D eigenvalue weighted by atomic mass is 16.5. The van der Waals surface area contributed by atoms with Gasteiger partial charge in [-0.15, -0.1) is 0 Å². The van der Waals surface area contributed by atoms with Crippen molar-refractivity contribution in [3.63, 3.8) is 0 Å². The molecule has 1 fully saturated rings. The van der Waals surface area contributed by atoms with Crippen LogP contribution in [0.2, 0.25) is 0 Å². The molecule has 2 aromatic carbocycles. The molecule has 1 saturated heterocycles. The summed E-state index contributed by atoms with van der Waals surface area (Å²) in [7, 11) is 0. The monoisotopic (exact) mass is 433 g/mol. The van der Waals surface area contributed by atoms with Crippen LogP contribution < -0.4 is 10.6 Å². The Labute approximate surface area is 187 Å². The number of nitrogens with one attached hydrogen (secondary N) is 2. The number of hydrogen-bond acceptors (Lipinski definition) is 5. The van der Waals surface area contributed by atoms with E-state index in [0.717, 1.165) is 29.7 Å². The SMILES string of the molecule is Cc1cccc(NC(=NC2CCCCN(CC(=O)OCc3ccccc3)C2=O)NC#N)c1. The summed E-state index contributed by atoms with van der Waals surface area (Å²) in [6.45, 7) is 2.48. The third-order valence-corrected chi connectivity index (χ3v) is 5.05. The highest BCUT2D eigenvalue weighted by Crippen LogP contribution is 2.16. The highest BCUT2D eigenvalue weighted by molar-refractivity contribution is 5.97. The van der Waals surface area contributed by atoms with Crippen LogP contribution in [-0.2, 0) is 20.9 Å². The van der Waals surface area contributed by atoms with Crippen molar-refractivity contribution in [1.82, 2.24) is 10.2 Å². The van der Waals surface area contributed by atoms with E-state index in [9.17, 15) is 9.59 Å². The van der Waals surface area contributed by atoms with Gasteiger partial charge in [0.25, 0.3) is 0 Å². The predicted octanol–water partition coefficient (Wildman–Crippen LogP) is 2.96. The van der Waals surface area contributed by atoms with E-state index < -0.39 is 12.0 Å². The summed E-state index contributed by atoms with van der Waals surface area (Å²) >= 11 is 0. The van der Waals surface area contributed by atoms with Gasteiger partial charge in [-0.2, -0.15) is 5.26 Å². The molecule has 0 spiro atoms. The van der Waals surface area contributed by atoms with Crippen molar-refractivity contribution in [1.29, 1.82) is 5.26 Å². The number of hydrogen-bond donors (Lipinski definition) is 2. The molecule has 0 radical (unpaired) electrons. The molecule has 1 aliphatic heterocycles. The van der Waals surface area contributed by atoms with Crippen molar-refractivity contribution >= 4 is 23.5 Å². The first kappa shape index (κ1) is 22.8. The van der Waals surface area contributed by atoms with Gasteiger partial charge < -0.3 is 15.0 Å². The van der Waals surface area contributed by atoms with Crippen LogP contribution in [0.3, 0.4) is 0 Å². The summed E-state index contributed by atoms with van der Waals surface area (Å²) in [5, 5.41) is 14.7. The van der Waals surface area contributed by atoms with Crippen LogP contribution in [-0.4, -0.2) is 41.9 Å². The second kappa shape index (κ2) is 11.5. The van der Waals surface area contributed by atoms with Crippen LogP contribution in [0.25, 0.3) is 0 Å². The van der Waals surface area contributed by atoms with Crippen molar-refractivity contribution in [2.75, 3.05) is 18.4 Å². The number of aryl methyl sites for hydroxylation is 1. The van der Waals surface area contributed by atoms with Gasteiger partial charge in [0.15, 0.2) is 6.19 Å². The number of anilines is 1. The lowest BCUT2D eigenvalue weighted by atomic mass is 10.1. The van der Waals surface area contributed by atoms with Gasteiger partial charge in [-0.1, -0.05) is 42.5 Å². The van der Waals surface area contributed by atoms with Crippen LogP contribution in [0.4, 0.5) is 5.69 Å². The highest BCUT2D eigenvalue weighted by Gasteiger charge is 2.29. The van der Waals surface area contributed by atoms with Crippen LogP contribution in [0.5, 0.6) is 0 Å². The largest absolute Gasteiger partial charge is 0.459 e. The topological polar surface area (TPSA) is 107 Å². The average molecular weight is 434 g/mol. The Hall–Kier alpha value is -3.86. The Morgan fingerprint density at radius 3 is 2.78 bits per heavy atom. The number of aliphatic imine (C=N–C) groups is 1. The first-order valence-corrected chi connectivity index (χ1v) is 10.6. The zero-order valence-electron chi connectivity index (χ0n) is 18.1. The minimum atomic E-state index is -0.687. The van der Waals surface area contributed by atoms with Gasteiger partial charge in [0.1, 0.15) is 19.2 Å². The molecule has 3 rings (SSSR count). The van der Waals surface area contributed by atoms with Crippen molar-refractivity contribution in [3.05, 3.63) is 65.7 Å². The molecule has 1 atom stereocenters. The second-order valence-corrected chi connectivity index (χ2v) is 7.63. The number of rotatable bonds is 6. The molecular weight excluding hydrogens is 406 g/mol. The van der Waals surface area contributed by atoms with E-state index in [1.807, 2.05) is 67.7 Å². The number of carbonyl (C=O) groups is 2. The summed E-state index contributed by atoms with van der Waals surface area (Å²) in [5.41, 5.74) is 2.70. The number of ether oxygens (including phenoxy) is 1. The fourth-order valence-electron chi connectivity index (χ4n) is 3.47. The van der Waals surface area contributed by atoms with Crippen molar-refractivity contribution in [3.8, 4) is 6.19 Å². The molecule has 166 valence electrons. The molecule has 0 bridgehead atoms. The first-order valence-electron chi connectivity index (χ1n) is 10.6. The Morgan fingerprint density at radius 1 is 1.22 bits per heavy atom. The number of esters is 1. The summed E-state index contributed by atoms with van der Waals surface area (Å²) in [6.07, 6.45) is 3.96. The lowest BCUT2D eigenvalue weighted by molar-refractivity contribution is -0.150. The number of likely N-dealkylation sites (tertiary alicyclic amines) is 1. The standard InChI is InChI=1S/C24H27N5O3/c1-18-8-7-11-20(14-18)27-24(26-17-25)28-21-12-5-6-13-29(23(21)31)15-22(30)32-16-19-9-3-2-4-10-19/h2-4,7-11,14,21H,5-6,12-13,15-16H2,1H3,(H2,26,27,28). The van der Waals surface area contributed by atoms with Crippen LogP contribution >= 0.6 is 0 Å². The number of nitrogens with zero attached hydrogens (tertiary/aromatic N) is 3. The van der Waals surface area contributed by atoms with Crippen molar-refractivity contribution in [2.24, 2.45) is 4.99 Å². The number of benzene rings is 2. The fraction of sp³-hybridized carbons (Fsp3) is 0.333. The molecule has 1 aliphatic rings. The van der Waals surface area contributed by atoms with Crippen LogP contribution in [0.1, 0.15) is 30.4 Å². The van der Waals surface area contributed by atoms with E-state index in [4.69, 9.17) is 10.00 Å². The molecule has 0 saturated carbocycles. The minimum absolute atomic E-state index is 0.121. The van der Waals surface area contributed by atoms with E-state index in [0.29, 0.717) is 13.0 Å². The Kier molecular flexibility index (Phi) is 8.21. The fourth-order valence-corrected chi connectivity index (χ4v) is 3.47. The maximum Gasteiger partial charge on any atom is 0.325 e. The molecule has 1 unspecified atom stereocenters. The van der Waals surface area contributed by atoms with Gasteiger partial charge in [-0.05, 0) is 49.4 Å². The smallest absolute Gasteiger partial charge is 0.325 e. The zero-order valence-corrected chi connectivity index (χ0v) is 18.1. The van der Waals surface area contributed by atoms with Gasteiger partial charge in [0, 0.05) is 12.2 Å². The Balaban J connectivity index is 1.65.